The lowest BCUT2D eigenvalue weighted by Crippen LogP contribution is -1.96. The van der Waals surface area contributed by atoms with Crippen LogP contribution in [0.3, 0.4) is 0 Å². The van der Waals surface area contributed by atoms with Gasteiger partial charge in [0.1, 0.15) is 4.83 Å². The minimum Gasteiger partial charge on any atom is -0.368 e. The van der Waals surface area contributed by atoms with E-state index in [0.29, 0.717) is 5.02 Å². The maximum absolute atomic E-state index is 6.29. The molecule has 0 aliphatic rings. The summed E-state index contributed by atoms with van der Waals surface area (Å²) < 4.78 is 0. The molecule has 1 aromatic carbocycles. The first kappa shape index (κ1) is 11.4. The number of nitrogens with two attached hydrogens (primary N) is 1. The fraction of sp³-hybridized carbons (Fsp3) is 0.0769. The molecule has 0 atom stereocenters. The molecule has 0 bridgehead atoms. The molecule has 2 heterocycles. The Morgan fingerprint density at radius 3 is 2.83 bits per heavy atom. The first-order valence-electron chi connectivity index (χ1n) is 5.42. The normalized spacial score (nSPS) is 11.0. The van der Waals surface area contributed by atoms with Crippen molar-refractivity contribution in [1.29, 1.82) is 0 Å². The summed E-state index contributed by atoms with van der Waals surface area (Å²) >= 11 is 7.83. The van der Waals surface area contributed by atoms with Gasteiger partial charge in [-0.25, -0.2) is 9.97 Å². The van der Waals surface area contributed by atoms with Crippen LogP contribution in [0.25, 0.3) is 21.5 Å². The van der Waals surface area contributed by atoms with E-state index in [1.165, 1.54) is 0 Å². The highest BCUT2D eigenvalue weighted by molar-refractivity contribution is 7.16. The van der Waals surface area contributed by atoms with E-state index in [-0.39, 0.29) is 5.95 Å². The van der Waals surface area contributed by atoms with Gasteiger partial charge in [-0.3, -0.25) is 0 Å². The van der Waals surface area contributed by atoms with Crippen LogP contribution in [0.2, 0.25) is 5.02 Å². The van der Waals surface area contributed by atoms with Gasteiger partial charge in [0, 0.05) is 10.9 Å². The van der Waals surface area contributed by atoms with Crippen molar-refractivity contribution in [3.63, 3.8) is 0 Å². The highest BCUT2D eigenvalue weighted by Gasteiger charge is 2.12. The number of nitrogens with zero attached hydrogens (tertiary/aromatic N) is 2. The molecular weight excluding hydrogens is 266 g/mol. The lowest BCUT2D eigenvalue weighted by Gasteiger charge is -2.06. The van der Waals surface area contributed by atoms with Crippen LogP contribution in [0.5, 0.6) is 0 Å². The van der Waals surface area contributed by atoms with Crippen LogP contribution in [-0.2, 0) is 0 Å². The number of hydrogen-bond donors (Lipinski definition) is 1. The zero-order chi connectivity index (χ0) is 12.7. The van der Waals surface area contributed by atoms with Crippen LogP contribution >= 0.6 is 22.9 Å². The Morgan fingerprint density at radius 2 is 2.06 bits per heavy atom. The number of aryl methyl sites for hydroxylation is 1. The Bertz CT molecular complexity index is 736. The van der Waals surface area contributed by atoms with E-state index in [9.17, 15) is 0 Å². The van der Waals surface area contributed by atoms with Gasteiger partial charge in [0.25, 0.3) is 0 Å². The molecule has 3 aromatic rings. The minimum absolute atomic E-state index is 0.275. The van der Waals surface area contributed by atoms with E-state index in [2.05, 4.69) is 9.97 Å². The van der Waals surface area contributed by atoms with E-state index in [4.69, 9.17) is 17.3 Å². The maximum atomic E-state index is 6.29. The molecule has 3 rings (SSSR count). The average molecular weight is 276 g/mol. The van der Waals surface area contributed by atoms with Crippen molar-refractivity contribution in [2.24, 2.45) is 0 Å². The van der Waals surface area contributed by atoms with E-state index in [1.54, 1.807) is 11.3 Å². The summed E-state index contributed by atoms with van der Waals surface area (Å²) in [7, 11) is 0. The van der Waals surface area contributed by atoms with E-state index < -0.39 is 0 Å². The monoisotopic (exact) mass is 275 g/mol. The molecule has 0 radical (unpaired) electrons. The van der Waals surface area contributed by atoms with E-state index >= 15 is 0 Å². The summed E-state index contributed by atoms with van der Waals surface area (Å²) in [5.74, 6) is 0.275. The third-order valence-corrected chi connectivity index (χ3v) is 3.84. The number of benzene rings is 1. The second-order valence-electron chi connectivity index (χ2n) is 4.05. The number of aromatic nitrogens is 2. The molecule has 2 aromatic heterocycles. The van der Waals surface area contributed by atoms with Gasteiger partial charge in [0.15, 0.2) is 0 Å². The Hall–Kier alpha value is -1.65. The van der Waals surface area contributed by atoms with Crippen LogP contribution in [0.1, 0.15) is 5.56 Å². The van der Waals surface area contributed by atoms with Gasteiger partial charge in [-0.05, 0) is 30.0 Å². The minimum atomic E-state index is 0.275. The largest absolute Gasteiger partial charge is 0.368 e. The summed E-state index contributed by atoms with van der Waals surface area (Å²) in [6.07, 6.45) is 0. The SMILES string of the molecule is Cc1ccc(-c2nc(N)nc3sccc23)c(Cl)c1. The van der Waals surface area contributed by atoms with Crippen LogP contribution in [0.15, 0.2) is 29.6 Å². The Kier molecular flexibility index (Phi) is 2.69. The summed E-state index contributed by atoms with van der Waals surface area (Å²) in [6.45, 7) is 2.00. The van der Waals surface area contributed by atoms with Gasteiger partial charge in [0.05, 0.1) is 10.7 Å². The molecule has 90 valence electrons. The molecule has 0 saturated heterocycles. The molecule has 2 N–H and O–H groups in total. The fourth-order valence-corrected chi connectivity index (χ4v) is 2.98. The van der Waals surface area contributed by atoms with Crippen LogP contribution in [0, 0.1) is 6.92 Å². The smallest absolute Gasteiger partial charge is 0.221 e. The molecule has 0 amide bonds. The number of anilines is 1. The van der Waals surface area contributed by atoms with Crippen molar-refractivity contribution in [2.45, 2.75) is 6.92 Å². The molecule has 0 saturated carbocycles. The number of nitrogen functional groups attached to an aromatic ring is 1. The Balaban J connectivity index is 2.33. The fourth-order valence-electron chi connectivity index (χ4n) is 1.89. The van der Waals surface area contributed by atoms with Crippen molar-refractivity contribution in [1.82, 2.24) is 9.97 Å². The molecule has 0 aliphatic heterocycles. The Labute approximate surface area is 113 Å². The van der Waals surface area contributed by atoms with Crippen molar-refractivity contribution in [3.8, 4) is 11.3 Å². The highest BCUT2D eigenvalue weighted by atomic mass is 35.5. The van der Waals surface area contributed by atoms with Crippen molar-refractivity contribution in [2.75, 3.05) is 5.73 Å². The predicted molar refractivity (Wildman–Crippen MR) is 77.0 cm³/mol. The zero-order valence-corrected chi connectivity index (χ0v) is 11.2. The highest BCUT2D eigenvalue weighted by Crippen LogP contribution is 2.34. The van der Waals surface area contributed by atoms with Gasteiger partial charge in [0.2, 0.25) is 5.95 Å². The topological polar surface area (TPSA) is 51.8 Å². The van der Waals surface area contributed by atoms with Gasteiger partial charge < -0.3 is 5.73 Å². The molecule has 0 spiro atoms. The molecule has 0 aliphatic carbocycles. The van der Waals surface area contributed by atoms with Gasteiger partial charge in [-0.2, -0.15) is 0 Å². The first-order valence-corrected chi connectivity index (χ1v) is 6.68. The summed E-state index contributed by atoms with van der Waals surface area (Å²) in [6, 6.07) is 7.90. The number of rotatable bonds is 1. The van der Waals surface area contributed by atoms with E-state index in [0.717, 1.165) is 27.0 Å². The summed E-state index contributed by atoms with van der Waals surface area (Å²) in [5, 5.41) is 3.64. The lowest BCUT2D eigenvalue weighted by molar-refractivity contribution is 1.25. The van der Waals surface area contributed by atoms with Crippen LogP contribution in [-0.4, -0.2) is 9.97 Å². The third kappa shape index (κ3) is 1.83. The average Bonchev–Trinajstić information content (AvgIpc) is 2.76. The molecule has 0 fully saturated rings. The molecule has 18 heavy (non-hydrogen) atoms. The van der Waals surface area contributed by atoms with Gasteiger partial charge in [-0.1, -0.05) is 23.7 Å². The number of halogens is 1. The maximum Gasteiger partial charge on any atom is 0.221 e. The summed E-state index contributed by atoms with van der Waals surface area (Å²) in [5.41, 5.74) is 8.54. The van der Waals surface area contributed by atoms with E-state index in [1.807, 2.05) is 36.6 Å². The number of thiophene rings is 1. The molecule has 5 heteroatoms. The molecular formula is C13H10ClN3S. The second kappa shape index (κ2) is 4.23. The predicted octanol–water partition coefficient (Wildman–Crippen LogP) is 3.90. The number of hydrogen-bond acceptors (Lipinski definition) is 4. The first-order chi connectivity index (χ1) is 8.65. The van der Waals surface area contributed by atoms with Crippen LogP contribution < -0.4 is 5.73 Å². The Morgan fingerprint density at radius 1 is 1.22 bits per heavy atom. The van der Waals surface area contributed by atoms with Crippen molar-refractivity contribution < 1.29 is 0 Å². The lowest BCUT2D eigenvalue weighted by atomic mass is 10.1. The molecule has 3 nitrogen and oxygen atoms in total. The second-order valence-corrected chi connectivity index (χ2v) is 5.35. The van der Waals surface area contributed by atoms with Gasteiger partial charge in [-0.15, -0.1) is 11.3 Å². The zero-order valence-electron chi connectivity index (χ0n) is 9.64. The van der Waals surface area contributed by atoms with Gasteiger partial charge >= 0.3 is 0 Å². The van der Waals surface area contributed by atoms with Crippen molar-refractivity contribution >= 4 is 39.1 Å². The summed E-state index contributed by atoms with van der Waals surface area (Å²) in [4.78, 5) is 9.42. The standard InChI is InChI=1S/C13H10ClN3S/c1-7-2-3-8(10(14)6-7)11-9-4-5-18-12(9)17-13(15)16-11/h2-6H,1H3,(H2,15,16,17). The third-order valence-electron chi connectivity index (χ3n) is 2.72. The van der Waals surface area contributed by atoms with Crippen molar-refractivity contribution in [3.05, 3.63) is 40.2 Å². The van der Waals surface area contributed by atoms with Crippen LogP contribution in [0.4, 0.5) is 5.95 Å². The molecule has 0 unspecified atom stereocenters. The quantitative estimate of drug-likeness (QED) is 0.733. The number of fused-ring (bicyclic) bond motifs is 1.